The Balaban J connectivity index is 1.44. The molecule has 71 heavy (non-hydrogen) atoms. The number of phosphoric ester groups is 1. The molecule has 1 unspecified atom stereocenters. The quantitative estimate of drug-likeness (QED) is 0.0223. The summed E-state index contributed by atoms with van der Waals surface area (Å²) in [5.74, 6) is -5.76. The number of nitrogens with zero attached hydrogens (tertiary/aromatic N) is 7. The molecule has 0 spiro atoms. The molecule has 384 valence electrons. The number of carbonyl (C=O) groups excluding carboxylic acids is 6. The zero-order valence-corrected chi connectivity index (χ0v) is 41.2. The molecule has 1 aliphatic heterocycles. The zero-order valence-electron chi connectivity index (χ0n) is 40.3. The molecular formula is C46H63N12O12P. The minimum atomic E-state index is -5.14. The number of primary amides is 1. The van der Waals surface area contributed by atoms with Gasteiger partial charge in [-0.1, -0.05) is 37.2 Å². The van der Waals surface area contributed by atoms with Crippen LogP contribution in [0.4, 0.5) is 0 Å². The van der Waals surface area contributed by atoms with E-state index in [2.05, 4.69) is 48.1 Å². The van der Waals surface area contributed by atoms with Gasteiger partial charge in [-0.2, -0.15) is 10.5 Å². The molecule has 1 aliphatic rings. The first-order valence-electron chi connectivity index (χ1n) is 23.0. The van der Waals surface area contributed by atoms with Gasteiger partial charge in [0.25, 0.3) is 0 Å². The number of aliphatic hydroxyl groups excluding tert-OH is 1. The van der Waals surface area contributed by atoms with Crippen LogP contribution in [-0.2, 0) is 62.7 Å². The number of imidazole rings is 1. The van der Waals surface area contributed by atoms with Crippen LogP contribution in [-0.4, -0.2) is 132 Å². The van der Waals surface area contributed by atoms with E-state index in [4.69, 9.17) is 10.6 Å². The van der Waals surface area contributed by atoms with Gasteiger partial charge in [0.05, 0.1) is 48.6 Å². The molecule has 24 nitrogen and oxygen atoms in total. The molecule has 9 N–H and O–H groups in total. The molecule has 1 saturated heterocycles. The van der Waals surface area contributed by atoms with Gasteiger partial charge in [0, 0.05) is 51.1 Å². The van der Waals surface area contributed by atoms with Gasteiger partial charge in [-0.3, -0.25) is 33.3 Å². The highest BCUT2D eigenvalue weighted by Gasteiger charge is 2.37. The SMILES string of the molecule is CC(=O)N1CCC[C@H]1C(=O)N[C@@H](CC(C)C)C(=O)N[C@@H](Cc1cncn1CCCCCO/N=C/c1ccc(C(C#N)c2ccccc2C#N)n1C)C(=O)N[C@@H](CO)C(=O)N[C@H](C(N)=O)[C@@H](C)OP(=O)(O)O. The van der Waals surface area contributed by atoms with Crippen molar-refractivity contribution in [1.82, 2.24) is 40.3 Å². The molecule has 0 radical (unpaired) electrons. The van der Waals surface area contributed by atoms with E-state index >= 15 is 0 Å². The van der Waals surface area contributed by atoms with Crippen molar-refractivity contribution in [2.75, 3.05) is 19.8 Å². The molecule has 0 bridgehead atoms. The van der Waals surface area contributed by atoms with Crippen molar-refractivity contribution < 1.29 is 57.6 Å². The summed E-state index contributed by atoms with van der Waals surface area (Å²) in [5, 5.41) is 43.7. The lowest BCUT2D eigenvalue weighted by atomic mass is 9.93. The predicted octanol–water partition coefficient (Wildman–Crippen LogP) is 0.484. The molecule has 1 aromatic carbocycles. The summed E-state index contributed by atoms with van der Waals surface area (Å²) in [4.78, 5) is 109. The third kappa shape index (κ3) is 16.6. The Morgan fingerprint density at radius 2 is 1.66 bits per heavy atom. The number of hydrogen-bond donors (Lipinski definition) is 8. The summed E-state index contributed by atoms with van der Waals surface area (Å²) in [6.45, 7) is 6.13. The van der Waals surface area contributed by atoms with Crippen LogP contribution in [0.1, 0.15) is 100 Å². The number of phosphoric acid groups is 1. The number of aryl methyl sites for hydroxylation is 1. The third-order valence-corrected chi connectivity index (χ3v) is 12.4. The van der Waals surface area contributed by atoms with Crippen molar-refractivity contribution >= 4 is 49.5 Å². The molecule has 3 heterocycles. The van der Waals surface area contributed by atoms with Gasteiger partial charge in [0.1, 0.15) is 42.7 Å². The van der Waals surface area contributed by atoms with Gasteiger partial charge in [-0.25, -0.2) is 9.55 Å². The van der Waals surface area contributed by atoms with Gasteiger partial charge in [0.2, 0.25) is 35.4 Å². The summed E-state index contributed by atoms with van der Waals surface area (Å²) in [5.41, 5.74) is 8.24. The molecule has 6 amide bonds. The second-order valence-corrected chi connectivity index (χ2v) is 18.7. The molecule has 7 atom stereocenters. The maximum absolute atomic E-state index is 14.1. The van der Waals surface area contributed by atoms with Crippen LogP contribution in [0.3, 0.4) is 0 Å². The van der Waals surface area contributed by atoms with Gasteiger partial charge in [-0.15, -0.1) is 0 Å². The average molecular weight is 1010 g/mol. The Bertz CT molecular complexity index is 2510. The van der Waals surface area contributed by atoms with E-state index in [0.717, 1.165) is 6.92 Å². The fourth-order valence-corrected chi connectivity index (χ4v) is 8.65. The fraction of sp³-hybridized carbons (Fsp3) is 0.522. The second-order valence-electron chi connectivity index (χ2n) is 17.5. The van der Waals surface area contributed by atoms with Crippen molar-refractivity contribution in [2.45, 2.75) is 121 Å². The second kappa shape index (κ2) is 26.9. The van der Waals surface area contributed by atoms with E-state index in [1.54, 1.807) is 52.6 Å². The lowest BCUT2D eigenvalue weighted by Gasteiger charge is -2.28. The first-order valence-corrected chi connectivity index (χ1v) is 24.5. The maximum atomic E-state index is 14.1. The lowest BCUT2D eigenvalue weighted by molar-refractivity contribution is -0.139. The van der Waals surface area contributed by atoms with Crippen molar-refractivity contribution in [3.05, 3.63) is 77.1 Å². The average Bonchev–Trinajstić information content (AvgIpc) is 4.08. The number of carbonyl (C=O) groups is 6. The highest BCUT2D eigenvalue weighted by atomic mass is 31.2. The number of likely N-dealkylation sites (tertiary alicyclic amines) is 1. The number of hydrogen-bond acceptors (Lipinski definition) is 14. The number of amides is 6. The Morgan fingerprint density at radius 3 is 2.31 bits per heavy atom. The lowest BCUT2D eigenvalue weighted by Crippen LogP contribution is -2.61. The Morgan fingerprint density at radius 1 is 0.972 bits per heavy atom. The number of rotatable bonds is 27. The molecule has 4 rings (SSSR count). The third-order valence-electron chi connectivity index (χ3n) is 11.7. The topological polar surface area (TPSA) is 359 Å². The molecule has 3 aromatic rings. The number of aromatic nitrogens is 3. The summed E-state index contributed by atoms with van der Waals surface area (Å²) >= 11 is 0. The smallest absolute Gasteiger partial charge is 0.396 e. The number of benzene rings is 1. The Labute approximate surface area is 411 Å². The number of nitriles is 2. The van der Waals surface area contributed by atoms with Crippen molar-refractivity contribution in [3.8, 4) is 12.1 Å². The maximum Gasteiger partial charge on any atom is 0.469 e. The summed E-state index contributed by atoms with van der Waals surface area (Å²) in [6, 6.07) is 7.98. The van der Waals surface area contributed by atoms with Crippen LogP contribution in [0, 0.1) is 28.6 Å². The highest BCUT2D eigenvalue weighted by Crippen LogP contribution is 2.38. The van der Waals surface area contributed by atoms with Crippen LogP contribution in [0.15, 0.2) is 54.1 Å². The van der Waals surface area contributed by atoms with Crippen LogP contribution >= 0.6 is 7.82 Å². The van der Waals surface area contributed by atoms with E-state index in [1.807, 2.05) is 13.8 Å². The first-order chi connectivity index (χ1) is 33.7. The van der Waals surface area contributed by atoms with Crippen LogP contribution in [0.25, 0.3) is 0 Å². The van der Waals surface area contributed by atoms with Crippen molar-refractivity contribution in [3.63, 3.8) is 0 Å². The largest absolute Gasteiger partial charge is 0.469 e. The van der Waals surface area contributed by atoms with Crippen molar-refractivity contribution in [2.24, 2.45) is 23.9 Å². The molecule has 0 aliphatic carbocycles. The molecular weight excluding hydrogens is 944 g/mol. The van der Waals surface area contributed by atoms with Gasteiger partial charge in [-0.05, 0) is 75.1 Å². The fourth-order valence-electron chi connectivity index (χ4n) is 8.09. The van der Waals surface area contributed by atoms with Crippen LogP contribution < -0.4 is 27.0 Å². The minimum absolute atomic E-state index is 0.122. The number of aliphatic hydroxyl groups is 1. The van der Waals surface area contributed by atoms with E-state index in [9.17, 15) is 58.7 Å². The summed E-state index contributed by atoms with van der Waals surface area (Å²) < 4.78 is 19.5. The summed E-state index contributed by atoms with van der Waals surface area (Å²) in [7, 11) is -3.35. The first kappa shape index (κ1) is 56.6. The molecule has 25 heteroatoms. The van der Waals surface area contributed by atoms with E-state index in [1.165, 1.54) is 30.6 Å². The summed E-state index contributed by atoms with van der Waals surface area (Å²) in [6.07, 6.45) is 5.77. The minimum Gasteiger partial charge on any atom is -0.396 e. The number of oxime groups is 1. The van der Waals surface area contributed by atoms with Gasteiger partial charge < -0.3 is 60.8 Å². The predicted molar refractivity (Wildman–Crippen MR) is 254 cm³/mol. The number of unbranched alkanes of at least 4 members (excludes halogenated alkanes) is 2. The Kier molecular flexibility index (Phi) is 21.4. The van der Waals surface area contributed by atoms with Gasteiger partial charge >= 0.3 is 7.82 Å². The molecule has 1 fully saturated rings. The van der Waals surface area contributed by atoms with Crippen LogP contribution in [0.2, 0.25) is 0 Å². The van der Waals surface area contributed by atoms with E-state index in [0.29, 0.717) is 73.4 Å². The number of nitrogens with two attached hydrogens (primary N) is 1. The molecule has 0 saturated carbocycles. The normalized spacial score (nSPS) is 16.2. The zero-order chi connectivity index (χ0) is 52.4. The Hall–Kier alpha value is -6.95. The van der Waals surface area contributed by atoms with Gasteiger partial charge in [0.15, 0.2) is 0 Å². The van der Waals surface area contributed by atoms with E-state index in [-0.39, 0.29) is 31.3 Å². The van der Waals surface area contributed by atoms with Crippen molar-refractivity contribution in [1.29, 1.82) is 10.5 Å². The standard InChI is InChI=1S/C46H63N12O12P/c1-28(2)20-36(53-46(65)40-14-11-18-58(40)30(4)60)43(62)52-37(44(63)54-38(26-59)45(64)55-41(42(49)61)29(3)70-71(66,67)68)21-33-24-50-27-57(33)17-9-6-10-19-69-51-25-32-15-16-39(56(32)5)35(23-48)34-13-8-7-12-31(34)22-47/h7-8,12-13,15-16,24-25,27-29,35-38,40-41,59H,6,9-11,14,17-21,26H2,1-5H3,(H2,49,61)(H,52,62)(H,53,65)(H,54,63)(H,55,64)(H2,66,67,68)/b51-25+/t29-,35?,36+,37+,38+,40+,41+/m1/s1. The monoisotopic (exact) mass is 1010 g/mol. The van der Waals surface area contributed by atoms with Crippen LogP contribution in [0.5, 0.6) is 0 Å². The number of nitrogens with one attached hydrogen (secondary N) is 4. The van der Waals surface area contributed by atoms with E-state index < -0.39 is 86.2 Å². The molecule has 2 aromatic heterocycles. The highest BCUT2D eigenvalue weighted by molar-refractivity contribution is 7.46.